The van der Waals surface area contributed by atoms with Crippen molar-refractivity contribution in [2.45, 2.75) is 6.92 Å². The highest BCUT2D eigenvalue weighted by atomic mass is 35.5. The molecule has 0 spiro atoms. The van der Waals surface area contributed by atoms with Crippen molar-refractivity contribution in [1.29, 1.82) is 0 Å². The lowest BCUT2D eigenvalue weighted by molar-refractivity contribution is 0.0960. The van der Waals surface area contributed by atoms with Gasteiger partial charge in [0.05, 0.1) is 14.2 Å². The zero-order valence-corrected chi connectivity index (χ0v) is 12.9. The van der Waals surface area contributed by atoms with Crippen LogP contribution in [0, 0.1) is 0 Å². The molecular weight excluding hydrogens is 292 g/mol. The summed E-state index contributed by atoms with van der Waals surface area (Å²) >= 11 is 5.90. The fraction of sp³-hybridized carbons (Fsp3) is 0.188. The monoisotopic (exact) mass is 308 g/mol. The van der Waals surface area contributed by atoms with Gasteiger partial charge in [-0.05, 0) is 30.2 Å². The van der Waals surface area contributed by atoms with Gasteiger partial charge in [0.15, 0.2) is 5.76 Å². The number of rotatable bonds is 5. The maximum Gasteiger partial charge on any atom is 0.513 e. The fourth-order valence-electron chi connectivity index (χ4n) is 1.43. The van der Waals surface area contributed by atoms with Crippen molar-refractivity contribution in [3.8, 4) is 0 Å². The topological polar surface area (TPSA) is 44.8 Å². The van der Waals surface area contributed by atoms with Crippen LogP contribution in [0.1, 0.15) is 12.5 Å². The van der Waals surface area contributed by atoms with E-state index in [4.69, 9.17) is 21.1 Å². The van der Waals surface area contributed by atoms with Crippen molar-refractivity contribution in [2.75, 3.05) is 14.2 Å². The van der Waals surface area contributed by atoms with Crippen LogP contribution in [-0.4, -0.2) is 20.4 Å². The van der Waals surface area contributed by atoms with Gasteiger partial charge in [0.25, 0.3) is 0 Å². The van der Waals surface area contributed by atoms with E-state index in [1.54, 1.807) is 13.0 Å². The molecule has 1 aromatic carbocycles. The molecule has 0 aliphatic carbocycles. The van der Waals surface area contributed by atoms with Gasteiger partial charge in [-0.3, -0.25) is 0 Å². The van der Waals surface area contributed by atoms with Gasteiger partial charge in [-0.2, -0.15) is 0 Å². The third-order valence-electron chi connectivity index (χ3n) is 2.46. The fourth-order valence-corrected chi connectivity index (χ4v) is 1.63. The van der Waals surface area contributed by atoms with Gasteiger partial charge in [-0.25, -0.2) is 4.79 Å². The van der Waals surface area contributed by atoms with Crippen LogP contribution in [-0.2, 0) is 14.2 Å². The highest BCUT2D eigenvalue weighted by molar-refractivity contribution is 6.30. The van der Waals surface area contributed by atoms with Crippen molar-refractivity contribution >= 4 is 23.8 Å². The van der Waals surface area contributed by atoms with Gasteiger partial charge in [-0.15, -0.1) is 0 Å². The normalized spacial score (nSPS) is 12.4. The molecule has 0 aromatic heterocycles. The number of methoxy groups -OCH3 is 2. The third-order valence-corrected chi connectivity index (χ3v) is 2.69. The summed E-state index contributed by atoms with van der Waals surface area (Å²) in [5.74, 6) is 0.278. The van der Waals surface area contributed by atoms with E-state index < -0.39 is 6.16 Å². The summed E-state index contributed by atoms with van der Waals surface area (Å²) in [6.45, 7) is 1.79. The number of hydrogen-bond donors (Lipinski definition) is 0. The van der Waals surface area contributed by atoms with E-state index in [0.717, 1.165) is 5.56 Å². The molecule has 112 valence electrons. The summed E-state index contributed by atoms with van der Waals surface area (Å²) < 4.78 is 14.3. The second-order valence-corrected chi connectivity index (χ2v) is 4.47. The van der Waals surface area contributed by atoms with Crippen molar-refractivity contribution in [2.24, 2.45) is 0 Å². The molecule has 0 bridgehead atoms. The number of ether oxygens (including phenoxy) is 3. The van der Waals surface area contributed by atoms with Crippen LogP contribution in [0.5, 0.6) is 0 Å². The molecular formula is C16H17ClO4. The second-order valence-electron chi connectivity index (χ2n) is 4.04. The molecule has 5 heteroatoms. The standard InChI is InChI=1S/C16H17ClO4/c1-12(15(11-19-2)21-16(18)20-3)6-4-7-13-8-5-9-14(17)10-13/h4-11H,1-3H3. The average molecular weight is 309 g/mol. The molecule has 1 aromatic rings. The molecule has 0 aliphatic rings. The van der Waals surface area contributed by atoms with E-state index in [0.29, 0.717) is 10.6 Å². The van der Waals surface area contributed by atoms with E-state index in [1.807, 2.05) is 36.4 Å². The molecule has 0 fully saturated rings. The number of benzene rings is 1. The Balaban J connectivity index is 2.81. The molecule has 1 rings (SSSR count). The van der Waals surface area contributed by atoms with Crippen LogP contribution >= 0.6 is 11.6 Å². The quantitative estimate of drug-likeness (QED) is 0.454. The Hall–Kier alpha value is -2.20. The van der Waals surface area contributed by atoms with Crippen LogP contribution in [0.25, 0.3) is 6.08 Å². The molecule has 0 radical (unpaired) electrons. The molecule has 0 amide bonds. The lowest BCUT2D eigenvalue weighted by Crippen LogP contribution is -2.05. The third kappa shape index (κ3) is 6.19. The minimum absolute atomic E-state index is 0.278. The molecule has 0 aliphatic heterocycles. The number of hydrogen-bond acceptors (Lipinski definition) is 4. The number of carbonyl (C=O) groups is 1. The van der Waals surface area contributed by atoms with E-state index in [-0.39, 0.29) is 5.76 Å². The van der Waals surface area contributed by atoms with Gasteiger partial charge in [0.2, 0.25) is 0 Å². The number of halogens is 1. The first kappa shape index (κ1) is 16.9. The van der Waals surface area contributed by atoms with Crippen LogP contribution in [0.15, 0.2) is 54.0 Å². The number of carbonyl (C=O) groups excluding carboxylic acids is 1. The van der Waals surface area contributed by atoms with Crippen LogP contribution in [0.4, 0.5) is 4.79 Å². The van der Waals surface area contributed by atoms with Crippen molar-refractivity contribution in [3.63, 3.8) is 0 Å². The van der Waals surface area contributed by atoms with Gasteiger partial charge < -0.3 is 14.2 Å². The van der Waals surface area contributed by atoms with E-state index in [2.05, 4.69) is 4.74 Å². The maximum absolute atomic E-state index is 11.1. The van der Waals surface area contributed by atoms with E-state index in [9.17, 15) is 4.79 Å². The van der Waals surface area contributed by atoms with Gasteiger partial charge in [0, 0.05) is 5.02 Å². The Morgan fingerprint density at radius 1 is 1.29 bits per heavy atom. The van der Waals surface area contributed by atoms with E-state index in [1.165, 1.54) is 20.5 Å². The predicted octanol–water partition coefficient (Wildman–Crippen LogP) is 4.57. The smallest absolute Gasteiger partial charge is 0.500 e. The Labute approximate surface area is 129 Å². The zero-order valence-electron chi connectivity index (χ0n) is 12.1. The lowest BCUT2D eigenvalue weighted by atomic mass is 10.2. The highest BCUT2D eigenvalue weighted by Gasteiger charge is 2.08. The second kappa shape index (κ2) is 8.87. The summed E-state index contributed by atoms with van der Waals surface area (Å²) in [6, 6.07) is 7.46. The first-order chi connectivity index (χ1) is 10.1. The first-order valence-corrected chi connectivity index (χ1v) is 6.54. The van der Waals surface area contributed by atoms with Crippen LogP contribution in [0.3, 0.4) is 0 Å². The van der Waals surface area contributed by atoms with Crippen molar-refractivity contribution < 1.29 is 19.0 Å². The summed E-state index contributed by atoms with van der Waals surface area (Å²) in [4.78, 5) is 11.1. The highest BCUT2D eigenvalue weighted by Crippen LogP contribution is 2.14. The predicted molar refractivity (Wildman–Crippen MR) is 82.8 cm³/mol. The molecule has 0 unspecified atom stereocenters. The summed E-state index contributed by atoms with van der Waals surface area (Å²) in [5, 5.41) is 0.673. The first-order valence-electron chi connectivity index (χ1n) is 6.16. The summed E-state index contributed by atoms with van der Waals surface area (Å²) in [5.41, 5.74) is 1.68. The maximum atomic E-state index is 11.1. The zero-order chi connectivity index (χ0) is 15.7. The largest absolute Gasteiger partial charge is 0.513 e. The Kier molecular flexibility index (Phi) is 7.12. The number of allylic oxidation sites excluding steroid dienone is 3. The molecule has 21 heavy (non-hydrogen) atoms. The van der Waals surface area contributed by atoms with Crippen LogP contribution in [0.2, 0.25) is 5.02 Å². The van der Waals surface area contributed by atoms with Gasteiger partial charge in [-0.1, -0.05) is 42.0 Å². The molecule has 4 nitrogen and oxygen atoms in total. The average Bonchev–Trinajstić information content (AvgIpc) is 2.46. The summed E-state index contributed by atoms with van der Waals surface area (Å²) in [6.07, 6.45) is 6.03. The molecule has 0 saturated heterocycles. The SMILES string of the molecule is COC=C(OC(=O)OC)C(C)=CC=Cc1cccc(Cl)c1. The van der Waals surface area contributed by atoms with E-state index >= 15 is 0 Å². The minimum Gasteiger partial charge on any atom is -0.500 e. The minimum atomic E-state index is -0.801. The van der Waals surface area contributed by atoms with Gasteiger partial charge in [0.1, 0.15) is 6.26 Å². The van der Waals surface area contributed by atoms with Crippen LogP contribution < -0.4 is 0 Å². The molecule has 0 N–H and O–H groups in total. The lowest BCUT2D eigenvalue weighted by Gasteiger charge is -2.06. The van der Waals surface area contributed by atoms with Crippen molar-refractivity contribution in [3.05, 3.63) is 64.6 Å². The van der Waals surface area contributed by atoms with Crippen molar-refractivity contribution in [1.82, 2.24) is 0 Å². The molecule has 0 atom stereocenters. The Morgan fingerprint density at radius 2 is 2.05 bits per heavy atom. The Bertz CT molecular complexity index is 573. The molecule has 0 heterocycles. The molecule has 0 saturated carbocycles. The summed E-state index contributed by atoms with van der Waals surface area (Å²) in [7, 11) is 2.71. The van der Waals surface area contributed by atoms with Gasteiger partial charge >= 0.3 is 6.16 Å². The Morgan fingerprint density at radius 3 is 2.67 bits per heavy atom.